The molecule has 0 aromatic heterocycles. The van der Waals surface area contributed by atoms with Crippen LogP contribution in [0.2, 0.25) is 0 Å². The maximum absolute atomic E-state index is 12.2. The Morgan fingerprint density at radius 2 is 2.08 bits per heavy atom. The van der Waals surface area contributed by atoms with E-state index in [-0.39, 0.29) is 12.3 Å². The zero-order chi connectivity index (χ0) is 10.1. The van der Waals surface area contributed by atoms with Crippen LogP contribution in [0.3, 0.4) is 0 Å². The Labute approximate surface area is 74.9 Å². The highest BCUT2D eigenvalue weighted by Gasteiger charge is 2.41. The zero-order valence-corrected chi connectivity index (χ0v) is 7.27. The standard InChI is InChI=1S/C9H11F3O/c1-6(13-2)7-3-4-8(5-7)9(10,11)12/h3-4,7-8H,1,5H2,2H3/t7?,8-/m1/s1. The van der Waals surface area contributed by atoms with Crippen LogP contribution in [0, 0.1) is 11.8 Å². The number of alkyl halides is 3. The normalized spacial score (nSPS) is 27.7. The second-order valence-corrected chi connectivity index (χ2v) is 3.05. The molecule has 0 bridgehead atoms. The highest BCUT2D eigenvalue weighted by Crippen LogP contribution is 2.39. The number of ether oxygens (including phenoxy) is 1. The second-order valence-electron chi connectivity index (χ2n) is 3.05. The molecule has 0 N–H and O–H groups in total. The van der Waals surface area contributed by atoms with Gasteiger partial charge in [0.2, 0.25) is 0 Å². The van der Waals surface area contributed by atoms with Crippen molar-refractivity contribution in [3.8, 4) is 0 Å². The molecule has 0 spiro atoms. The van der Waals surface area contributed by atoms with Gasteiger partial charge in [-0.2, -0.15) is 13.2 Å². The average molecular weight is 192 g/mol. The maximum atomic E-state index is 12.2. The van der Waals surface area contributed by atoms with Crippen molar-refractivity contribution in [2.75, 3.05) is 7.11 Å². The Hall–Kier alpha value is -0.930. The first-order chi connectivity index (χ1) is 5.95. The van der Waals surface area contributed by atoms with E-state index < -0.39 is 12.1 Å². The Morgan fingerprint density at radius 3 is 2.46 bits per heavy atom. The molecule has 4 heteroatoms. The minimum Gasteiger partial charge on any atom is -0.501 e. The van der Waals surface area contributed by atoms with Gasteiger partial charge < -0.3 is 4.74 Å². The molecule has 1 aliphatic carbocycles. The molecule has 0 fully saturated rings. The number of methoxy groups -OCH3 is 1. The molecule has 0 aliphatic heterocycles. The van der Waals surface area contributed by atoms with Gasteiger partial charge in [-0.1, -0.05) is 18.7 Å². The third-order valence-corrected chi connectivity index (χ3v) is 2.18. The van der Waals surface area contributed by atoms with Crippen molar-refractivity contribution in [2.45, 2.75) is 12.6 Å². The van der Waals surface area contributed by atoms with Crippen molar-refractivity contribution in [1.29, 1.82) is 0 Å². The molecule has 1 aliphatic rings. The summed E-state index contributed by atoms with van der Waals surface area (Å²) >= 11 is 0. The van der Waals surface area contributed by atoms with E-state index in [1.54, 1.807) is 0 Å². The topological polar surface area (TPSA) is 9.23 Å². The summed E-state index contributed by atoms with van der Waals surface area (Å²) in [5.74, 6) is -1.25. The molecule has 0 heterocycles. The van der Waals surface area contributed by atoms with Gasteiger partial charge in [-0.25, -0.2) is 0 Å². The lowest BCUT2D eigenvalue weighted by atomic mass is 10.0. The fraction of sp³-hybridized carbons (Fsp3) is 0.556. The van der Waals surface area contributed by atoms with Crippen molar-refractivity contribution in [3.05, 3.63) is 24.5 Å². The molecule has 0 saturated heterocycles. The van der Waals surface area contributed by atoms with Crippen molar-refractivity contribution in [3.63, 3.8) is 0 Å². The Kier molecular flexibility index (Phi) is 2.68. The smallest absolute Gasteiger partial charge is 0.395 e. The number of allylic oxidation sites excluding steroid dienone is 2. The van der Waals surface area contributed by atoms with E-state index in [0.717, 1.165) is 0 Å². The van der Waals surface area contributed by atoms with Gasteiger partial charge in [-0.3, -0.25) is 0 Å². The minimum absolute atomic E-state index is 0.0240. The van der Waals surface area contributed by atoms with Crippen molar-refractivity contribution in [1.82, 2.24) is 0 Å². The fourth-order valence-corrected chi connectivity index (χ4v) is 1.33. The van der Waals surface area contributed by atoms with Crippen LogP contribution < -0.4 is 0 Å². The molecule has 13 heavy (non-hydrogen) atoms. The zero-order valence-electron chi connectivity index (χ0n) is 7.27. The van der Waals surface area contributed by atoms with Gasteiger partial charge in [0.25, 0.3) is 0 Å². The first kappa shape index (κ1) is 10.2. The van der Waals surface area contributed by atoms with Crippen LogP contribution >= 0.6 is 0 Å². The number of halogens is 3. The van der Waals surface area contributed by atoms with Crippen molar-refractivity contribution in [2.24, 2.45) is 11.8 Å². The maximum Gasteiger partial charge on any atom is 0.395 e. The largest absolute Gasteiger partial charge is 0.501 e. The molecule has 74 valence electrons. The van der Waals surface area contributed by atoms with E-state index in [2.05, 4.69) is 6.58 Å². The molecule has 1 unspecified atom stereocenters. The number of hydrogen-bond acceptors (Lipinski definition) is 1. The predicted octanol–water partition coefficient (Wildman–Crippen LogP) is 2.90. The quantitative estimate of drug-likeness (QED) is 0.482. The summed E-state index contributed by atoms with van der Waals surface area (Å²) in [4.78, 5) is 0. The van der Waals surface area contributed by atoms with E-state index in [9.17, 15) is 13.2 Å². The van der Waals surface area contributed by atoms with Gasteiger partial charge in [0.05, 0.1) is 18.8 Å². The lowest BCUT2D eigenvalue weighted by molar-refractivity contribution is -0.162. The van der Waals surface area contributed by atoms with Crippen LogP contribution in [-0.4, -0.2) is 13.3 Å². The monoisotopic (exact) mass is 192 g/mol. The van der Waals surface area contributed by atoms with Crippen LogP contribution in [0.4, 0.5) is 13.2 Å². The van der Waals surface area contributed by atoms with Gasteiger partial charge in [-0.15, -0.1) is 0 Å². The summed E-state index contributed by atoms with van der Waals surface area (Å²) in [5, 5.41) is 0. The van der Waals surface area contributed by atoms with E-state index >= 15 is 0 Å². The number of rotatable bonds is 2. The summed E-state index contributed by atoms with van der Waals surface area (Å²) in [6.07, 6.45) is -1.44. The second kappa shape index (κ2) is 3.44. The van der Waals surface area contributed by atoms with Gasteiger partial charge >= 0.3 is 6.18 Å². The van der Waals surface area contributed by atoms with Crippen LogP contribution in [0.1, 0.15) is 6.42 Å². The van der Waals surface area contributed by atoms with Gasteiger partial charge in [-0.05, 0) is 6.42 Å². The molecule has 0 saturated carbocycles. The molecular weight excluding hydrogens is 181 g/mol. The lowest BCUT2D eigenvalue weighted by Crippen LogP contribution is -2.20. The Balaban J connectivity index is 2.57. The fourth-order valence-electron chi connectivity index (χ4n) is 1.33. The minimum atomic E-state index is -4.14. The summed E-state index contributed by atoms with van der Waals surface area (Å²) in [6.45, 7) is 3.53. The molecule has 0 amide bonds. The van der Waals surface area contributed by atoms with E-state index in [4.69, 9.17) is 4.74 Å². The Bertz CT molecular complexity index is 230. The summed E-state index contributed by atoms with van der Waals surface area (Å²) < 4.78 is 41.3. The molecule has 1 nitrogen and oxygen atoms in total. The van der Waals surface area contributed by atoms with Crippen LogP contribution in [0.15, 0.2) is 24.5 Å². The summed E-state index contributed by atoms with van der Waals surface area (Å²) in [7, 11) is 1.41. The van der Waals surface area contributed by atoms with E-state index in [1.165, 1.54) is 19.3 Å². The van der Waals surface area contributed by atoms with E-state index in [0.29, 0.717) is 5.76 Å². The third-order valence-electron chi connectivity index (χ3n) is 2.18. The molecule has 1 rings (SSSR count). The number of hydrogen-bond donors (Lipinski definition) is 0. The predicted molar refractivity (Wildman–Crippen MR) is 42.9 cm³/mol. The highest BCUT2D eigenvalue weighted by molar-refractivity contribution is 5.13. The van der Waals surface area contributed by atoms with Gasteiger partial charge in [0.1, 0.15) is 0 Å². The Morgan fingerprint density at radius 1 is 1.46 bits per heavy atom. The van der Waals surface area contributed by atoms with Crippen molar-refractivity contribution >= 4 is 0 Å². The molecule has 0 aromatic carbocycles. The molecule has 0 radical (unpaired) electrons. The molecule has 0 aromatic rings. The molecular formula is C9H11F3O. The third kappa shape index (κ3) is 2.26. The first-order valence-corrected chi connectivity index (χ1v) is 3.93. The lowest BCUT2D eigenvalue weighted by Gasteiger charge is -2.15. The summed E-state index contributed by atoms with van der Waals surface area (Å²) in [5.41, 5.74) is 0. The van der Waals surface area contributed by atoms with E-state index in [1.807, 2.05) is 0 Å². The first-order valence-electron chi connectivity index (χ1n) is 3.93. The summed E-state index contributed by atoms with van der Waals surface area (Å²) in [6, 6.07) is 0. The van der Waals surface area contributed by atoms with Crippen LogP contribution in [0.25, 0.3) is 0 Å². The molecule has 2 atom stereocenters. The average Bonchev–Trinajstić information content (AvgIpc) is 2.50. The van der Waals surface area contributed by atoms with Crippen molar-refractivity contribution < 1.29 is 17.9 Å². The SMILES string of the molecule is C=C(OC)C1C=C[C@@H](C(F)(F)F)C1. The van der Waals surface area contributed by atoms with Crippen LogP contribution in [0.5, 0.6) is 0 Å². The van der Waals surface area contributed by atoms with Crippen LogP contribution in [-0.2, 0) is 4.74 Å². The highest BCUT2D eigenvalue weighted by atomic mass is 19.4. The van der Waals surface area contributed by atoms with Gasteiger partial charge in [0.15, 0.2) is 0 Å². The van der Waals surface area contributed by atoms with Gasteiger partial charge in [0, 0.05) is 5.92 Å².